The zero-order valence-corrected chi connectivity index (χ0v) is 15.8. The van der Waals surface area contributed by atoms with Crippen LogP contribution in [0, 0.1) is 0 Å². The van der Waals surface area contributed by atoms with Crippen LogP contribution in [0.1, 0.15) is 51.5 Å². The molecule has 6 nitrogen and oxygen atoms in total. The smallest absolute Gasteiger partial charge is 0.314 e. The van der Waals surface area contributed by atoms with E-state index in [0.717, 1.165) is 24.8 Å². The first-order valence-corrected chi connectivity index (χ1v) is 9.49. The van der Waals surface area contributed by atoms with Gasteiger partial charge in [-0.2, -0.15) is 0 Å². The Hall–Kier alpha value is -2.08. The Morgan fingerprint density at radius 2 is 1.85 bits per heavy atom. The van der Waals surface area contributed by atoms with Crippen molar-refractivity contribution in [2.75, 3.05) is 13.1 Å². The van der Waals surface area contributed by atoms with Crippen LogP contribution >= 0.6 is 0 Å². The van der Waals surface area contributed by atoms with Gasteiger partial charge in [0.2, 0.25) is 5.91 Å². The van der Waals surface area contributed by atoms with Gasteiger partial charge in [-0.3, -0.25) is 4.79 Å². The van der Waals surface area contributed by atoms with Gasteiger partial charge in [-0.15, -0.1) is 0 Å². The molecular formula is C20H31N3O3. The molecule has 1 aromatic rings. The van der Waals surface area contributed by atoms with Crippen LogP contribution in [0.4, 0.5) is 4.79 Å². The largest absolute Gasteiger partial charge is 0.391 e. The van der Waals surface area contributed by atoms with Crippen LogP contribution < -0.4 is 16.0 Å². The summed E-state index contributed by atoms with van der Waals surface area (Å²) in [5.41, 5.74) is 0.908. The quantitative estimate of drug-likeness (QED) is 0.585. The van der Waals surface area contributed by atoms with Gasteiger partial charge in [-0.05, 0) is 37.7 Å². The molecule has 1 fully saturated rings. The van der Waals surface area contributed by atoms with Gasteiger partial charge in [0.05, 0.1) is 12.1 Å². The molecule has 1 aromatic carbocycles. The molecule has 3 amide bonds. The highest BCUT2D eigenvalue weighted by Crippen LogP contribution is 2.38. The number of nitrogens with one attached hydrogen (secondary N) is 3. The van der Waals surface area contributed by atoms with E-state index in [1.807, 2.05) is 25.1 Å². The highest BCUT2D eigenvalue weighted by Gasteiger charge is 2.38. The number of benzene rings is 1. The molecule has 0 saturated heterocycles. The average Bonchev–Trinajstić information content (AvgIpc) is 2.79. The Morgan fingerprint density at radius 1 is 1.15 bits per heavy atom. The summed E-state index contributed by atoms with van der Waals surface area (Å²) in [6.45, 7) is 4.64. The lowest BCUT2D eigenvalue weighted by Crippen LogP contribution is -2.45. The van der Waals surface area contributed by atoms with E-state index in [1.165, 1.54) is 6.92 Å². The summed E-state index contributed by atoms with van der Waals surface area (Å²) < 4.78 is 0. The minimum atomic E-state index is -0.571. The number of hydrogen-bond acceptors (Lipinski definition) is 3. The second-order valence-electron chi connectivity index (χ2n) is 7.21. The van der Waals surface area contributed by atoms with Crippen molar-refractivity contribution in [3.8, 4) is 0 Å². The molecular weight excluding hydrogens is 330 g/mol. The molecule has 26 heavy (non-hydrogen) atoms. The fourth-order valence-corrected chi connectivity index (χ4v) is 3.71. The number of rotatable bonds is 6. The maximum absolute atomic E-state index is 12.0. The van der Waals surface area contributed by atoms with E-state index in [2.05, 4.69) is 28.1 Å². The van der Waals surface area contributed by atoms with Crippen LogP contribution in [0.2, 0.25) is 0 Å². The second-order valence-corrected chi connectivity index (χ2v) is 7.21. The van der Waals surface area contributed by atoms with Crippen molar-refractivity contribution >= 4 is 11.9 Å². The number of amides is 3. The van der Waals surface area contributed by atoms with E-state index >= 15 is 0 Å². The molecule has 0 spiro atoms. The summed E-state index contributed by atoms with van der Waals surface area (Å²) >= 11 is 0. The number of hydrogen-bond donors (Lipinski definition) is 4. The molecule has 1 aliphatic rings. The Labute approximate surface area is 155 Å². The molecule has 144 valence electrons. The first-order chi connectivity index (χ1) is 12.5. The van der Waals surface area contributed by atoms with Crippen molar-refractivity contribution < 1.29 is 14.7 Å². The zero-order valence-electron chi connectivity index (χ0n) is 15.8. The van der Waals surface area contributed by atoms with Gasteiger partial charge >= 0.3 is 6.03 Å². The predicted octanol–water partition coefficient (Wildman–Crippen LogP) is 2.07. The van der Waals surface area contributed by atoms with Crippen molar-refractivity contribution in [2.45, 2.75) is 63.5 Å². The third-order valence-corrected chi connectivity index (χ3v) is 5.21. The molecule has 0 radical (unpaired) electrons. The lowest BCUT2D eigenvalue weighted by molar-refractivity contribution is -0.120. The van der Waals surface area contributed by atoms with E-state index in [9.17, 15) is 14.7 Å². The molecule has 3 atom stereocenters. The van der Waals surface area contributed by atoms with Gasteiger partial charge in [0.15, 0.2) is 0 Å². The summed E-state index contributed by atoms with van der Waals surface area (Å²) in [7, 11) is 0. The first-order valence-electron chi connectivity index (χ1n) is 9.49. The minimum Gasteiger partial charge on any atom is -0.391 e. The predicted molar refractivity (Wildman–Crippen MR) is 102 cm³/mol. The highest BCUT2D eigenvalue weighted by atomic mass is 16.3. The van der Waals surface area contributed by atoms with E-state index in [-0.39, 0.29) is 23.4 Å². The number of urea groups is 1. The Bertz CT molecular complexity index is 593. The van der Waals surface area contributed by atoms with E-state index in [1.54, 1.807) is 0 Å². The van der Waals surface area contributed by atoms with E-state index in [4.69, 9.17) is 0 Å². The summed E-state index contributed by atoms with van der Waals surface area (Å²) in [5, 5.41) is 19.2. The topological polar surface area (TPSA) is 90.5 Å². The standard InChI is InChI=1S/C20H31N3O3/c1-3-13-21-19(26)22-14-20(16-7-5-4-6-8-16)11-9-17(23-15(2)24)18(25)10-12-20/h4-8,17-18,25H,3,9-14H2,1-2H3,(H,23,24)(H2,21,22,26)/t17-,18-,20-/m0/s1. The number of aliphatic hydroxyl groups excluding tert-OH is 1. The minimum absolute atomic E-state index is 0.127. The number of carbonyl (C=O) groups is 2. The molecule has 0 bridgehead atoms. The van der Waals surface area contributed by atoms with Crippen LogP contribution in [0.3, 0.4) is 0 Å². The summed E-state index contributed by atoms with van der Waals surface area (Å²) in [6, 6.07) is 9.73. The molecule has 1 aliphatic carbocycles. The van der Waals surface area contributed by atoms with Gasteiger partial charge < -0.3 is 21.1 Å². The fourth-order valence-electron chi connectivity index (χ4n) is 3.71. The van der Waals surface area contributed by atoms with Crippen LogP contribution in [-0.2, 0) is 10.2 Å². The maximum Gasteiger partial charge on any atom is 0.314 e. The van der Waals surface area contributed by atoms with Crippen LogP contribution in [0.5, 0.6) is 0 Å². The maximum atomic E-state index is 12.0. The van der Waals surface area contributed by atoms with Crippen molar-refractivity contribution in [1.82, 2.24) is 16.0 Å². The van der Waals surface area contributed by atoms with Gasteiger partial charge in [-0.1, -0.05) is 37.3 Å². The molecule has 0 unspecified atom stereocenters. The Morgan fingerprint density at radius 3 is 2.50 bits per heavy atom. The van der Waals surface area contributed by atoms with E-state index in [0.29, 0.717) is 25.9 Å². The summed E-state index contributed by atoms with van der Waals surface area (Å²) in [6.07, 6.45) is 3.11. The van der Waals surface area contributed by atoms with Crippen molar-refractivity contribution in [1.29, 1.82) is 0 Å². The van der Waals surface area contributed by atoms with Crippen molar-refractivity contribution in [3.05, 3.63) is 35.9 Å². The third-order valence-electron chi connectivity index (χ3n) is 5.21. The number of aliphatic hydroxyl groups is 1. The lowest BCUT2D eigenvalue weighted by atomic mass is 9.74. The van der Waals surface area contributed by atoms with Crippen LogP contribution in [0.25, 0.3) is 0 Å². The van der Waals surface area contributed by atoms with Gasteiger partial charge in [0, 0.05) is 25.4 Å². The monoisotopic (exact) mass is 361 g/mol. The molecule has 0 heterocycles. The fraction of sp³-hybridized carbons (Fsp3) is 0.600. The molecule has 6 heteroatoms. The summed E-state index contributed by atoms with van der Waals surface area (Å²) in [5.74, 6) is -0.127. The molecule has 2 rings (SSSR count). The first kappa shape index (κ1) is 20.2. The SMILES string of the molecule is CCCNC(=O)NC[C@]1(c2ccccc2)CC[C@H](NC(C)=O)[C@@H](O)CC1. The van der Waals surface area contributed by atoms with Gasteiger partial charge in [-0.25, -0.2) is 4.79 Å². The van der Waals surface area contributed by atoms with E-state index < -0.39 is 6.10 Å². The molecule has 1 saturated carbocycles. The normalized spacial score (nSPS) is 25.8. The highest BCUT2D eigenvalue weighted by molar-refractivity contribution is 5.74. The molecule has 0 aromatic heterocycles. The molecule has 4 N–H and O–H groups in total. The Kier molecular flexibility index (Phi) is 7.45. The lowest BCUT2D eigenvalue weighted by Gasteiger charge is -2.34. The van der Waals surface area contributed by atoms with Crippen molar-refractivity contribution in [2.24, 2.45) is 0 Å². The third kappa shape index (κ3) is 5.46. The second kappa shape index (κ2) is 9.57. The molecule has 0 aliphatic heterocycles. The summed E-state index contributed by atoms with van der Waals surface area (Å²) in [4.78, 5) is 23.5. The number of carbonyl (C=O) groups excluding carboxylic acids is 2. The Balaban J connectivity index is 2.16. The van der Waals surface area contributed by atoms with Crippen LogP contribution in [0.15, 0.2) is 30.3 Å². The van der Waals surface area contributed by atoms with Gasteiger partial charge in [0.1, 0.15) is 0 Å². The van der Waals surface area contributed by atoms with Crippen molar-refractivity contribution in [3.63, 3.8) is 0 Å². The zero-order chi connectivity index (χ0) is 19.0. The average molecular weight is 361 g/mol. The van der Waals surface area contributed by atoms with Gasteiger partial charge in [0.25, 0.3) is 0 Å². The van der Waals surface area contributed by atoms with Crippen LogP contribution in [-0.4, -0.2) is 42.3 Å².